The number of amides is 2. The molecule has 0 unspecified atom stereocenters. The van der Waals surface area contributed by atoms with Crippen molar-refractivity contribution in [2.75, 3.05) is 39.4 Å². The van der Waals surface area contributed by atoms with Crippen LogP contribution in [0.15, 0.2) is 30.3 Å². The van der Waals surface area contributed by atoms with Crippen molar-refractivity contribution in [1.29, 1.82) is 0 Å². The molecule has 0 radical (unpaired) electrons. The third-order valence-corrected chi connectivity index (χ3v) is 5.85. The number of carbonyl (C=O) groups is 2. The Morgan fingerprint density at radius 1 is 1.14 bits per heavy atom. The van der Waals surface area contributed by atoms with Crippen molar-refractivity contribution < 1.29 is 14.3 Å². The van der Waals surface area contributed by atoms with Crippen LogP contribution in [-0.2, 0) is 16.0 Å². The van der Waals surface area contributed by atoms with Gasteiger partial charge in [0.25, 0.3) is 5.91 Å². The van der Waals surface area contributed by atoms with Gasteiger partial charge in [0.15, 0.2) is 0 Å². The first-order valence-electron chi connectivity index (χ1n) is 10.0. The van der Waals surface area contributed by atoms with Crippen molar-refractivity contribution in [1.82, 2.24) is 20.0 Å². The zero-order valence-electron chi connectivity index (χ0n) is 16.3. The molecule has 2 aliphatic rings. The molecule has 29 heavy (non-hydrogen) atoms. The van der Waals surface area contributed by atoms with Crippen molar-refractivity contribution >= 4 is 23.4 Å². The van der Waals surface area contributed by atoms with Gasteiger partial charge in [-0.1, -0.05) is 23.7 Å². The molecule has 4 rings (SSSR count). The van der Waals surface area contributed by atoms with Crippen LogP contribution in [0.1, 0.15) is 40.5 Å². The first-order valence-corrected chi connectivity index (χ1v) is 10.4. The van der Waals surface area contributed by atoms with E-state index in [4.69, 9.17) is 16.3 Å². The summed E-state index contributed by atoms with van der Waals surface area (Å²) in [7, 11) is 0. The molecule has 0 aliphatic carbocycles. The molecule has 0 spiro atoms. The van der Waals surface area contributed by atoms with Gasteiger partial charge in [0.2, 0.25) is 5.91 Å². The Bertz CT molecular complexity index is 861. The van der Waals surface area contributed by atoms with Crippen LogP contribution in [0.4, 0.5) is 0 Å². The van der Waals surface area contributed by atoms with Gasteiger partial charge in [-0.2, -0.15) is 5.10 Å². The maximum atomic E-state index is 12.7. The summed E-state index contributed by atoms with van der Waals surface area (Å²) >= 11 is 5.92. The summed E-state index contributed by atoms with van der Waals surface area (Å²) in [6, 6.07) is 9.23. The fourth-order valence-electron chi connectivity index (χ4n) is 3.93. The van der Waals surface area contributed by atoms with E-state index in [9.17, 15) is 9.59 Å². The molecule has 2 amide bonds. The zero-order valence-corrected chi connectivity index (χ0v) is 17.0. The average molecular weight is 417 g/mol. The smallest absolute Gasteiger partial charge is 0.274 e. The van der Waals surface area contributed by atoms with Crippen LogP contribution in [0.25, 0.3) is 0 Å². The normalized spacial score (nSPS) is 20.0. The number of likely N-dealkylation sites (tertiary alicyclic amines) is 1. The minimum atomic E-state index is -0.0673. The van der Waals surface area contributed by atoms with E-state index in [-0.39, 0.29) is 17.7 Å². The number of ether oxygens (including phenoxy) is 1. The summed E-state index contributed by atoms with van der Waals surface area (Å²) in [4.78, 5) is 29.0. The maximum absolute atomic E-state index is 12.7. The van der Waals surface area contributed by atoms with E-state index in [1.807, 2.05) is 23.1 Å². The van der Waals surface area contributed by atoms with Gasteiger partial charge < -0.3 is 14.5 Å². The quantitative estimate of drug-likeness (QED) is 0.830. The Morgan fingerprint density at radius 3 is 2.66 bits per heavy atom. The van der Waals surface area contributed by atoms with Gasteiger partial charge in [-0.15, -0.1) is 0 Å². The third-order valence-electron chi connectivity index (χ3n) is 5.60. The highest BCUT2D eigenvalue weighted by atomic mass is 35.5. The summed E-state index contributed by atoms with van der Waals surface area (Å²) in [6.07, 6.45) is 2.27. The highest BCUT2D eigenvalue weighted by Gasteiger charge is 2.28. The molecular formula is C21H25ClN4O3. The molecule has 154 valence electrons. The monoisotopic (exact) mass is 416 g/mol. The Hall–Kier alpha value is -2.38. The summed E-state index contributed by atoms with van der Waals surface area (Å²) in [5, 5.41) is 7.94. The molecule has 3 heterocycles. The highest BCUT2D eigenvalue weighted by Crippen LogP contribution is 2.27. The minimum absolute atomic E-state index is 0.0673. The number of hydrogen-bond donors (Lipinski definition) is 1. The predicted octanol–water partition coefficient (Wildman–Crippen LogP) is 2.48. The number of aromatic amines is 1. The van der Waals surface area contributed by atoms with Gasteiger partial charge in [-0.05, 0) is 36.6 Å². The van der Waals surface area contributed by atoms with Crippen molar-refractivity contribution in [3.05, 3.63) is 52.3 Å². The number of piperidine rings is 1. The second-order valence-corrected chi connectivity index (χ2v) is 8.03. The summed E-state index contributed by atoms with van der Waals surface area (Å²) in [5.74, 6) is 0.208. The molecule has 0 saturated carbocycles. The third kappa shape index (κ3) is 4.79. The van der Waals surface area contributed by atoms with E-state index < -0.39 is 0 Å². The Labute approximate surface area is 175 Å². The van der Waals surface area contributed by atoms with Crippen LogP contribution in [0.3, 0.4) is 0 Å². The first-order chi connectivity index (χ1) is 14.1. The summed E-state index contributed by atoms with van der Waals surface area (Å²) in [6.45, 7) is 3.72. The minimum Gasteiger partial charge on any atom is -0.378 e. The number of carbonyl (C=O) groups excluding carboxylic acids is 2. The van der Waals surface area contributed by atoms with Gasteiger partial charge in [0, 0.05) is 42.8 Å². The standard InChI is InChI=1S/C21H25ClN4O3/c22-17-5-3-15(4-6-17)12-20(27)26-7-1-2-16(14-26)18-13-19(24-23-18)21(28)25-8-10-29-11-9-25/h3-6,13,16H,1-2,7-12,14H2,(H,23,24)/t16-/m0/s1. The zero-order chi connectivity index (χ0) is 20.2. The van der Waals surface area contributed by atoms with Crippen molar-refractivity contribution in [3.8, 4) is 0 Å². The number of nitrogens with one attached hydrogen (secondary N) is 1. The van der Waals surface area contributed by atoms with Gasteiger partial charge in [-0.3, -0.25) is 14.7 Å². The molecule has 7 nitrogen and oxygen atoms in total. The molecule has 1 aromatic carbocycles. The lowest BCUT2D eigenvalue weighted by atomic mass is 9.94. The fourth-order valence-corrected chi connectivity index (χ4v) is 4.06. The molecule has 1 aromatic heterocycles. The van der Waals surface area contributed by atoms with Gasteiger partial charge in [0.1, 0.15) is 5.69 Å². The second kappa shape index (κ2) is 8.97. The molecule has 2 aliphatic heterocycles. The second-order valence-electron chi connectivity index (χ2n) is 7.60. The van der Waals surface area contributed by atoms with E-state index in [0.29, 0.717) is 50.0 Å². The molecule has 8 heteroatoms. The lowest BCUT2D eigenvalue weighted by Crippen LogP contribution is -2.40. The number of benzene rings is 1. The van der Waals surface area contributed by atoms with E-state index in [2.05, 4.69) is 10.2 Å². The van der Waals surface area contributed by atoms with E-state index in [0.717, 1.165) is 30.6 Å². The molecule has 1 N–H and O–H groups in total. The molecule has 2 fully saturated rings. The SMILES string of the molecule is O=C(Cc1ccc(Cl)cc1)N1CCC[C@H](c2cc(C(=O)N3CCOCC3)n[nH]2)C1. The number of hydrogen-bond acceptors (Lipinski definition) is 4. The molecule has 1 atom stereocenters. The first kappa shape index (κ1) is 19.9. The Morgan fingerprint density at radius 2 is 1.90 bits per heavy atom. The van der Waals surface area contributed by atoms with E-state index in [1.54, 1.807) is 17.0 Å². The number of aromatic nitrogens is 2. The highest BCUT2D eigenvalue weighted by molar-refractivity contribution is 6.30. The number of nitrogens with zero attached hydrogens (tertiary/aromatic N) is 3. The number of morpholine rings is 1. The maximum Gasteiger partial charge on any atom is 0.274 e. The fraction of sp³-hybridized carbons (Fsp3) is 0.476. The number of rotatable bonds is 4. The van der Waals surface area contributed by atoms with Crippen LogP contribution >= 0.6 is 11.6 Å². The van der Waals surface area contributed by atoms with Gasteiger partial charge in [0.05, 0.1) is 19.6 Å². The van der Waals surface area contributed by atoms with Crippen LogP contribution in [0.2, 0.25) is 5.02 Å². The average Bonchev–Trinajstić information content (AvgIpc) is 3.26. The molecular weight excluding hydrogens is 392 g/mol. The van der Waals surface area contributed by atoms with Crippen molar-refractivity contribution in [2.24, 2.45) is 0 Å². The van der Waals surface area contributed by atoms with Crippen LogP contribution in [0, 0.1) is 0 Å². The molecule has 2 saturated heterocycles. The lowest BCUT2D eigenvalue weighted by Gasteiger charge is -2.32. The topological polar surface area (TPSA) is 78.5 Å². The molecule has 2 aromatic rings. The largest absolute Gasteiger partial charge is 0.378 e. The van der Waals surface area contributed by atoms with Gasteiger partial charge >= 0.3 is 0 Å². The lowest BCUT2D eigenvalue weighted by molar-refractivity contribution is -0.131. The summed E-state index contributed by atoms with van der Waals surface area (Å²) in [5.41, 5.74) is 2.32. The van der Waals surface area contributed by atoms with Crippen LogP contribution in [-0.4, -0.2) is 71.2 Å². The van der Waals surface area contributed by atoms with E-state index >= 15 is 0 Å². The molecule has 0 bridgehead atoms. The van der Waals surface area contributed by atoms with Crippen molar-refractivity contribution in [2.45, 2.75) is 25.2 Å². The summed E-state index contributed by atoms with van der Waals surface area (Å²) < 4.78 is 5.30. The number of H-pyrrole nitrogens is 1. The van der Waals surface area contributed by atoms with E-state index in [1.165, 1.54) is 0 Å². The van der Waals surface area contributed by atoms with Gasteiger partial charge in [-0.25, -0.2) is 0 Å². The van der Waals surface area contributed by atoms with Crippen LogP contribution < -0.4 is 0 Å². The predicted molar refractivity (Wildman–Crippen MR) is 109 cm³/mol. The Kier molecular flexibility index (Phi) is 6.16. The van der Waals surface area contributed by atoms with Crippen molar-refractivity contribution in [3.63, 3.8) is 0 Å². The Balaban J connectivity index is 1.38. The number of halogens is 1. The van der Waals surface area contributed by atoms with Crippen LogP contribution in [0.5, 0.6) is 0 Å².